The number of hydrogen-bond donors (Lipinski definition) is 2. The summed E-state index contributed by atoms with van der Waals surface area (Å²) in [6, 6.07) is 8.24. The van der Waals surface area contributed by atoms with Gasteiger partial charge in [0.2, 0.25) is 0 Å². The third-order valence-electron chi connectivity index (χ3n) is 4.24. The van der Waals surface area contributed by atoms with E-state index in [1.165, 1.54) is 10.1 Å². The van der Waals surface area contributed by atoms with Crippen LogP contribution in [0.15, 0.2) is 29.1 Å². The number of nitrogens with zero attached hydrogens (tertiary/aromatic N) is 3. The van der Waals surface area contributed by atoms with Crippen molar-refractivity contribution in [2.75, 3.05) is 39.3 Å². The van der Waals surface area contributed by atoms with E-state index in [1.54, 1.807) is 7.11 Å². The van der Waals surface area contributed by atoms with Gasteiger partial charge in [0.25, 0.3) is 0 Å². The Bertz CT molecular complexity index is 1020. The van der Waals surface area contributed by atoms with Gasteiger partial charge in [-0.05, 0) is 24.7 Å². The van der Waals surface area contributed by atoms with Gasteiger partial charge in [0.1, 0.15) is 12.1 Å². The van der Waals surface area contributed by atoms with Crippen molar-refractivity contribution in [2.45, 2.75) is 19.6 Å². The molecule has 0 aliphatic heterocycles. The zero-order chi connectivity index (χ0) is 20.8. The number of fused-ring (bicyclic) bond motifs is 1. The first-order chi connectivity index (χ1) is 14.0. The molecule has 3 N–H and O–H groups in total. The number of nitrogens with one attached hydrogen (secondary N) is 1. The molecule has 0 amide bonds. The smallest absolute Gasteiger partial charge is 0.328 e. The van der Waals surface area contributed by atoms with Gasteiger partial charge in [-0.3, -0.25) is 4.57 Å². The van der Waals surface area contributed by atoms with Gasteiger partial charge in [-0.1, -0.05) is 24.3 Å². The minimum absolute atomic E-state index is 0.113. The number of rotatable bonds is 10. The molecule has 3 aromatic rings. The van der Waals surface area contributed by atoms with Gasteiger partial charge < -0.3 is 24.7 Å². The number of H-pyrrole nitrogens is 1. The molecule has 0 aliphatic rings. The zero-order valence-corrected chi connectivity index (χ0v) is 17.7. The Morgan fingerprint density at radius 3 is 2.79 bits per heavy atom. The lowest BCUT2D eigenvalue weighted by atomic mass is 10.1. The van der Waals surface area contributed by atoms with E-state index in [4.69, 9.17) is 19.7 Å². The summed E-state index contributed by atoms with van der Waals surface area (Å²) in [5.74, 6) is 0.167. The highest BCUT2D eigenvalue weighted by atomic mass is 31.1. The third kappa shape index (κ3) is 5.32. The summed E-state index contributed by atoms with van der Waals surface area (Å²) >= 11 is 0. The number of nitrogen functional groups attached to an aromatic ring is 1. The SMILES string of the molecule is CCOP(C)Cc1cccc(Cn2c(=O)[nH]c3c(N)nc(OCCOC)nc32)c1. The van der Waals surface area contributed by atoms with Gasteiger partial charge in [-0.15, -0.1) is 0 Å². The molecule has 0 radical (unpaired) electrons. The fraction of sp³-hybridized carbons (Fsp3) is 0.421. The molecule has 9 nitrogen and oxygen atoms in total. The Balaban J connectivity index is 1.88. The van der Waals surface area contributed by atoms with Gasteiger partial charge in [0.15, 0.2) is 11.5 Å². The maximum Gasteiger partial charge on any atom is 0.328 e. The van der Waals surface area contributed by atoms with Crippen molar-refractivity contribution in [3.8, 4) is 6.01 Å². The maximum atomic E-state index is 12.5. The van der Waals surface area contributed by atoms with Gasteiger partial charge in [-0.25, -0.2) is 4.79 Å². The van der Waals surface area contributed by atoms with E-state index in [2.05, 4.69) is 33.7 Å². The fourth-order valence-electron chi connectivity index (χ4n) is 2.99. The standard InChI is InChI=1S/C19H26N5O4P/c1-4-28-29(3)12-14-7-5-6-13(10-14)11-24-17-15(21-19(24)25)16(20)22-18(23-17)27-9-8-26-2/h5-7,10H,4,8-9,11-12H2,1-3H3,(H,21,25)(H2,20,22,23). The van der Waals surface area contributed by atoms with Crippen LogP contribution >= 0.6 is 8.15 Å². The number of ether oxygens (including phenoxy) is 2. The van der Waals surface area contributed by atoms with Crippen molar-refractivity contribution in [3.05, 3.63) is 45.9 Å². The van der Waals surface area contributed by atoms with E-state index in [0.717, 1.165) is 11.7 Å². The second-order valence-electron chi connectivity index (χ2n) is 6.47. The second kappa shape index (κ2) is 9.82. The number of hydrogen-bond acceptors (Lipinski definition) is 7. The van der Waals surface area contributed by atoms with Crippen LogP contribution in [0.3, 0.4) is 0 Å². The molecule has 0 bridgehead atoms. The first-order valence-electron chi connectivity index (χ1n) is 9.31. The van der Waals surface area contributed by atoms with Crippen LogP contribution in [0, 0.1) is 0 Å². The number of aromatic amines is 1. The molecule has 1 aromatic carbocycles. The van der Waals surface area contributed by atoms with Crippen LogP contribution in [0.2, 0.25) is 0 Å². The molecule has 3 rings (SSSR count). The van der Waals surface area contributed by atoms with E-state index >= 15 is 0 Å². The molecule has 0 fully saturated rings. The zero-order valence-electron chi connectivity index (χ0n) is 16.8. The summed E-state index contributed by atoms with van der Waals surface area (Å²) in [5.41, 5.74) is 8.67. The van der Waals surface area contributed by atoms with Crippen LogP contribution in [0.5, 0.6) is 6.01 Å². The highest BCUT2D eigenvalue weighted by molar-refractivity contribution is 7.50. The van der Waals surface area contributed by atoms with Crippen molar-refractivity contribution < 1.29 is 14.0 Å². The van der Waals surface area contributed by atoms with Crippen molar-refractivity contribution in [1.82, 2.24) is 19.5 Å². The van der Waals surface area contributed by atoms with Crippen LogP contribution in [0.25, 0.3) is 11.2 Å². The molecule has 0 spiro atoms. The lowest BCUT2D eigenvalue weighted by Crippen LogP contribution is -2.18. The van der Waals surface area contributed by atoms with Crippen LogP contribution in [-0.4, -0.2) is 53.1 Å². The minimum Gasteiger partial charge on any atom is -0.461 e. The molecule has 156 valence electrons. The van der Waals surface area contributed by atoms with Crippen LogP contribution in [0.1, 0.15) is 18.1 Å². The molecule has 29 heavy (non-hydrogen) atoms. The van der Waals surface area contributed by atoms with E-state index in [1.807, 2.05) is 19.1 Å². The van der Waals surface area contributed by atoms with Crippen LogP contribution in [-0.2, 0) is 22.0 Å². The normalized spacial score (nSPS) is 12.4. The lowest BCUT2D eigenvalue weighted by molar-refractivity contribution is 0.141. The molecule has 1 atom stereocenters. The van der Waals surface area contributed by atoms with Gasteiger partial charge >= 0.3 is 11.7 Å². The van der Waals surface area contributed by atoms with Crippen LogP contribution < -0.4 is 16.2 Å². The van der Waals surface area contributed by atoms with Gasteiger partial charge in [0.05, 0.1) is 13.2 Å². The third-order valence-corrected chi connectivity index (χ3v) is 5.75. The average Bonchev–Trinajstić information content (AvgIpc) is 2.99. The topological polar surface area (TPSA) is 117 Å². The van der Waals surface area contributed by atoms with E-state index in [-0.39, 0.29) is 24.1 Å². The predicted octanol–water partition coefficient (Wildman–Crippen LogP) is 2.34. The predicted molar refractivity (Wildman–Crippen MR) is 114 cm³/mol. The van der Waals surface area contributed by atoms with Crippen molar-refractivity contribution in [3.63, 3.8) is 0 Å². The van der Waals surface area contributed by atoms with Crippen molar-refractivity contribution in [1.29, 1.82) is 0 Å². The quantitative estimate of drug-likeness (QED) is 0.383. The lowest BCUT2D eigenvalue weighted by Gasteiger charge is -2.12. The maximum absolute atomic E-state index is 12.5. The number of imidazole rings is 1. The largest absolute Gasteiger partial charge is 0.461 e. The molecule has 10 heteroatoms. The molecule has 2 heterocycles. The summed E-state index contributed by atoms with van der Waals surface area (Å²) in [6.07, 6.45) is 0.867. The summed E-state index contributed by atoms with van der Waals surface area (Å²) in [4.78, 5) is 23.7. The van der Waals surface area contributed by atoms with E-state index < -0.39 is 8.15 Å². The molecule has 0 saturated carbocycles. The summed E-state index contributed by atoms with van der Waals surface area (Å²) < 4.78 is 17.6. The Hall–Kier alpha value is -2.48. The summed E-state index contributed by atoms with van der Waals surface area (Å²) in [6.45, 7) is 5.87. The molecule has 1 unspecified atom stereocenters. The fourth-order valence-corrected chi connectivity index (χ4v) is 4.23. The van der Waals surface area contributed by atoms with Crippen molar-refractivity contribution >= 4 is 25.1 Å². The summed E-state index contributed by atoms with van der Waals surface area (Å²) in [7, 11) is 1.07. The second-order valence-corrected chi connectivity index (χ2v) is 8.30. The number of methoxy groups -OCH3 is 1. The Morgan fingerprint density at radius 1 is 1.24 bits per heavy atom. The van der Waals surface area contributed by atoms with Gasteiger partial charge in [0, 0.05) is 28.0 Å². The molecule has 0 saturated heterocycles. The number of benzene rings is 1. The molecule has 0 aliphatic carbocycles. The van der Waals surface area contributed by atoms with E-state index in [0.29, 0.717) is 30.9 Å². The first kappa shape index (κ1) is 21.2. The average molecular weight is 419 g/mol. The number of aromatic nitrogens is 4. The van der Waals surface area contributed by atoms with Gasteiger partial charge in [-0.2, -0.15) is 9.97 Å². The van der Waals surface area contributed by atoms with Crippen molar-refractivity contribution in [2.24, 2.45) is 0 Å². The monoisotopic (exact) mass is 419 g/mol. The molecular formula is C19H26N5O4P. The van der Waals surface area contributed by atoms with Crippen LogP contribution in [0.4, 0.5) is 5.82 Å². The highest BCUT2D eigenvalue weighted by Crippen LogP contribution is 2.36. The Morgan fingerprint density at radius 2 is 2.03 bits per heavy atom. The Kier molecular flexibility index (Phi) is 7.19. The highest BCUT2D eigenvalue weighted by Gasteiger charge is 2.15. The number of anilines is 1. The minimum atomic E-state index is -0.509. The first-order valence-corrected chi connectivity index (χ1v) is 11.2. The van der Waals surface area contributed by atoms with E-state index in [9.17, 15) is 4.79 Å². The summed E-state index contributed by atoms with van der Waals surface area (Å²) in [5, 5.41) is 0. The Labute approximate surface area is 170 Å². The number of nitrogens with two attached hydrogens (primary N) is 1. The molecular weight excluding hydrogens is 393 g/mol. The molecule has 2 aromatic heterocycles.